The molecule has 1 aliphatic rings. The normalized spacial score (nSPS) is 18.6. The van der Waals surface area contributed by atoms with Crippen LogP contribution in [0.5, 0.6) is 0 Å². The van der Waals surface area contributed by atoms with Crippen LogP contribution in [0, 0.1) is 5.92 Å². The minimum atomic E-state index is -0.0523. The summed E-state index contributed by atoms with van der Waals surface area (Å²) in [6.45, 7) is 7.29. The summed E-state index contributed by atoms with van der Waals surface area (Å²) in [6.07, 6.45) is 3.37. The molecule has 0 spiro atoms. The molecule has 1 unspecified atom stereocenters. The third kappa shape index (κ3) is 4.61. The molecular formula is C14H24N4O2. The first-order valence-electron chi connectivity index (χ1n) is 7.28. The summed E-state index contributed by atoms with van der Waals surface area (Å²) >= 11 is 0. The maximum atomic E-state index is 11.7. The van der Waals surface area contributed by atoms with E-state index in [9.17, 15) is 4.79 Å². The van der Waals surface area contributed by atoms with E-state index in [1.165, 1.54) is 0 Å². The van der Waals surface area contributed by atoms with Crippen LogP contribution < -0.4 is 10.6 Å². The van der Waals surface area contributed by atoms with Crippen LogP contribution >= 0.6 is 0 Å². The van der Waals surface area contributed by atoms with Crippen LogP contribution in [0.4, 0.5) is 5.82 Å². The van der Waals surface area contributed by atoms with E-state index in [-0.39, 0.29) is 5.91 Å². The van der Waals surface area contributed by atoms with Crippen molar-refractivity contribution in [2.75, 3.05) is 31.6 Å². The van der Waals surface area contributed by atoms with Gasteiger partial charge in [0.2, 0.25) is 5.91 Å². The van der Waals surface area contributed by atoms with Gasteiger partial charge < -0.3 is 15.4 Å². The zero-order chi connectivity index (χ0) is 14.4. The number of hydrogen-bond acceptors (Lipinski definition) is 4. The molecule has 2 N–H and O–H groups in total. The molecule has 0 aromatic carbocycles. The minimum Gasteiger partial charge on any atom is -0.381 e. The largest absolute Gasteiger partial charge is 0.381 e. The Morgan fingerprint density at radius 3 is 3.20 bits per heavy atom. The third-order valence-electron chi connectivity index (χ3n) is 3.21. The first-order valence-corrected chi connectivity index (χ1v) is 7.28. The number of anilines is 1. The summed E-state index contributed by atoms with van der Waals surface area (Å²) in [5.41, 5.74) is 0. The van der Waals surface area contributed by atoms with Gasteiger partial charge in [0.1, 0.15) is 0 Å². The van der Waals surface area contributed by atoms with Crippen molar-refractivity contribution in [3.8, 4) is 0 Å². The van der Waals surface area contributed by atoms with Crippen LogP contribution in [0.2, 0.25) is 0 Å². The Morgan fingerprint density at radius 1 is 1.65 bits per heavy atom. The van der Waals surface area contributed by atoms with E-state index < -0.39 is 0 Å². The average Bonchev–Trinajstić information content (AvgIpc) is 3.04. The van der Waals surface area contributed by atoms with Crippen molar-refractivity contribution in [3.05, 3.63) is 12.3 Å². The second kappa shape index (κ2) is 7.40. The Morgan fingerprint density at radius 2 is 2.50 bits per heavy atom. The van der Waals surface area contributed by atoms with E-state index >= 15 is 0 Å². The highest BCUT2D eigenvalue weighted by molar-refractivity contribution is 5.89. The molecule has 2 heterocycles. The molecule has 1 fully saturated rings. The van der Waals surface area contributed by atoms with E-state index in [0.717, 1.165) is 19.5 Å². The molecule has 2 rings (SSSR count). The van der Waals surface area contributed by atoms with Gasteiger partial charge in [-0.2, -0.15) is 5.10 Å². The number of rotatable bonds is 7. The number of nitrogens with one attached hydrogen (secondary N) is 2. The predicted octanol–water partition coefficient (Wildman–Crippen LogP) is 1.42. The summed E-state index contributed by atoms with van der Waals surface area (Å²) in [7, 11) is 0. The fourth-order valence-corrected chi connectivity index (χ4v) is 2.16. The van der Waals surface area contributed by atoms with Crippen molar-refractivity contribution in [2.24, 2.45) is 5.92 Å². The van der Waals surface area contributed by atoms with Crippen LogP contribution in [0.1, 0.15) is 32.7 Å². The third-order valence-corrected chi connectivity index (χ3v) is 3.21. The summed E-state index contributed by atoms with van der Waals surface area (Å²) in [5, 5.41) is 10.5. The lowest BCUT2D eigenvalue weighted by atomic mass is 10.2. The van der Waals surface area contributed by atoms with E-state index in [1.54, 1.807) is 0 Å². The fourth-order valence-electron chi connectivity index (χ4n) is 2.16. The molecular weight excluding hydrogens is 256 g/mol. The summed E-state index contributed by atoms with van der Waals surface area (Å²) < 4.78 is 7.32. The molecule has 112 valence electrons. The Labute approximate surface area is 119 Å². The highest BCUT2D eigenvalue weighted by Gasteiger charge is 2.17. The maximum Gasteiger partial charge on any atom is 0.227 e. The van der Waals surface area contributed by atoms with E-state index in [0.29, 0.717) is 37.4 Å². The lowest BCUT2D eigenvalue weighted by Gasteiger charge is -2.08. The topological polar surface area (TPSA) is 68.2 Å². The van der Waals surface area contributed by atoms with Gasteiger partial charge in [-0.25, -0.2) is 0 Å². The Kier molecular flexibility index (Phi) is 5.55. The zero-order valence-corrected chi connectivity index (χ0v) is 12.3. The quantitative estimate of drug-likeness (QED) is 0.741. The SMILES string of the molecule is CC(C)COCCC(=O)Nc1ccn(C2CCNC2)n1. The Balaban J connectivity index is 1.71. The van der Waals surface area contributed by atoms with Crippen LogP contribution in [-0.2, 0) is 9.53 Å². The van der Waals surface area contributed by atoms with Gasteiger partial charge >= 0.3 is 0 Å². The number of hydrogen-bond donors (Lipinski definition) is 2. The molecule has 20 heavy (non-hydrogen) atoms. The summed E-state index contributed by atoms with van der Waals surface area (Å²) in [6, 6.07) is 2.24. The number of ether oxygens (including phenoxy) is 1. The second-order valence-corrected chi connectivity index (χ2v) is 5.59. The smallest absolute Gasteiger partial charge is 0.227 e. The monoisotopic (exact) mass is 280 g/mol. The van der Waals surface area contributed by atoms with Crippen molar-refractivity contribution in [2.45, 2.75) is 32.7 Å². The van der Waals surface area contributed by atoms with E-state index in [1.807, 2.05) is 16.9 Å². The molecule has 0 aliphatic carbocycles. The van der Waals surface area contributed by atoms with Gasteiger partial charge in [-0.05, 0) is 18.9 Å². The first-order chi connectivity index (χ1) is 9.65. The van der Waals surface area contributed by atoms with Gasteiger partial charge in [-0.1, -0.05) is 13.8 Å². The van der Waals surface area contributed by atoms with Gasteiger partial charge in [0.25, 0.3) is 0 Å². The first kappa shape index (κ1) is 15.0. The number of carbonyl (C=O) groups is 1. The lowest BCUT2D eigenvalue weighted by molar-refractivity contribution is -0.117. The zero-order valence-electron chi connectivity index (χ0n) is 12.3. The Bertz CT molecular complexity index is 425. The minimum absolute atomic E-state index is 0.0523. The standard InChI is InChI=1S/C14H24N4O2/c1-11(2)10-20-8-5-14(19)16-13-4-7-18(17-13)12-3-6-15-9-12/h4,7,11-12,15H,3,5-6,8-10H2,1-2H3,(H,16,17,19). The van der Waals surface area contributed by atoms with Crippen molar-refractivity contribution < 1.29 is 9.53 Å². The van der Waals surface area contributed by atoms with Gasteiger partial charge in [0, 0.05) is 25.4 Å². The van der Waals surface area contributed by atoms with Crippen LogP contribution in [0.3, 0.4) is 0 Å². The van der Waals surface area contributed by atoms with Gasteiger partial charge in [0.05, 0.1) is 19.1 Å². The summed E-state index contributed by atoms with van der Waals surface area (Å²) in [4.78, 5) is 11.7. The lowest BCUT2D eigenvalue weighted by Crippen LogP contribution is -2.17. The molecule has 1 aromatic rings. The molecule has 1 amide bonds. The maximum absolute atomic E-state index is 11.7. The molecule has 1 saturated heterocycles. The molecule has 1 aromatic heterocycles. The number of carbonyl (C=O) groups excluding carboxylic acids is 1. The van der Waals surface area contributed by atoms with Crippen molar-refractivity contribution in [3.63, 3.8) is 0 Å². The molecule has 0 radical (unpaired) electrons. The van der Waals surface area contributed by atoms with Gasteiger partial charge in [-0.15, -0.1) is 0 Å². The molecule has 0 saturated carbocycles. The number of nitrogens with zero attached hydrogens (tertiary/aromatic N) is 2. The van der Waals surface area contributed by atoms with Gasteiger partial charge in [0.15, 0.2) is 5.82 Å². The highest BCUT2D eigenvalue weighted by atomic mass is 16.5. The molecule has 6 heteroatoms. The number of amides is 1. The van der Waals surface area contributed by atoms with Gasteiger partial charge in [-0.3, -0.25) is 9.48 Å². The van der Waals surface area contributed by atoms with Crippen molar-refractivity contribution in [1.82, 2.24) is 15.1 Å². The molecule has 0 bridgehead atoms. The van der Waals surface area contributed by atoms with Crippen LogP contribution in [0.15, 0.2) is 12.3 Å². The van der Waals surface area contributed by atoms with Crippen LogP contribution in [0.25, 0.3) is 0 Å². The fraction of sp³-hybridized carbons (Fsp3) is 0.714. The van der Waals surface area contributed by atoms with E-state index in [2.05, 4.69) is 29.6 Å². The van der Waals surface area contributed by atoms with Crippen molar-refractivity contribution in [1.29, 1.82) is 0 Å². The molecule has 1 aliphatic heterocycles. The highest BCUT2D eigenvalue weighted by Crippen LogP contribution is 2.15. The molecule has 6 nitrogen and oxygen atoms in total. The summed E-state index contributed by atoms with van der Waals surface area (Å²) in [5.74, 6) is 1.06. The Hall–Kier alpha value is -1.40. The van der Waals surface area contributed by atoms with Crippen molar-refractivity contribution >= 4 is 11.7 Å². The molecule has 1 atom stereocenters. The van der Waals surface area contributed by atoms with Crippen LogP contribution in [-0.4, -0.2) is 42.0 Å². The number of aromatic nitrogens is 2. The second-order valence-electron chi connectivity index (χ2n) is 5.59. The average molecular weight is 280 g/mol. The predicted molar refractivity (Wildman–Crippen MR) is 77.7 cm³/mol. The van der Waals surface area contributed by atoms with E-state index in [4.69, 9.17) is 4.74 Å².